The molecule has 1 saturated heterocycles. The standard InChI is InChI=1S/C18H11BrN2O2S/c19-15-7-5-14(6-8-15)11-21-17(22)16(24-18(21)23)9-12-1-3-13(10-20)4-2-12/h1-9H,11H2/b16-9-. The second-order valence-corrected chi connectivity index (χ2v) is 7.04. The van der Waals surface area contributed by atoms with Gasteiger partial charge >= 0.3 is 0 Å². The molecule has 2 amide bonds. The van der Waals surface area contributed by atoms with E-state index in [4.69, 9.17) is 5.26 Å². The predicted molar refractivity (Wildman–Crippen MR) is 96.8 cm³/mol. The Labute approximate surface area is 151 Å². The molecule has 0 radical (unpaired) electrons. The van der Waals surface area contributed by atoms with E-state index in [1.165, 1.54) is 4.90 Å². The minimum Gasteiger partial charge on any atom is -0.268 e. The lowest BCUT2D eigenvalue weighted by Crippen LogP contribution is -2.27. The van der Waals surface area contributed by atoms with Crippen LogP contribution >= 0.6 is 27.7 Å². The molecule has 0 aromatic heterocycles. The molecule has 24 heavy (non-hydrogen) atoms. The van der Waals surface area contributed by atoms with Crippen molar-refractivity contribution in [1.82, 2.24) is 4.90 Å². The van der Waals surface area contributed by atoms with E-state index in [9.17, 15) is 9.59 Å². The van der Waals surface area contributed by atoms with Crippen molar-refractivity contribution < 1.29 is 9.59 Å². The van der Waals surface area contributed by atoms with Crippen LogP contribution < -0.4 is 0 Å². The summed E-state index contributed by atoms with van der Waals surface area (Å²) in [6.45, 7) is 0.253. The number of hydrogen-bond donors (Lipinski definition) is 0. The minimum atomic E-state index is -0.294. The van der Waals surface area contributed by atoms with E-state index < -0.39 is 0 Å². The summed E-state index contributed by atoms with van der Waals surface area (Å²) in [4.78, 5) is 26.2. The summed E-state index contributed by atoms with van der Waals surface area (Å²) >= 11 is 4.29. The topological polar surface area (TPSA) is 61.2 Å². The number of hydrogen-bond acceptors (Lipinski definition) is 4. The van der Waals surface area contributed by atoms with Gasteiger partial charge in [-0.15, -0.1) is 0 Å². The predicted octanol–water partition coefficient (Wildman–Crippen LogP) is 4.56. The summed E-state index contributed by atoms with van der Waals surface area (Å²) in [6.07, 6.45) is 1.67. The third-order valence-corrected chi connectivity index (χ3v) is 4.90. The summed E-state index contributed by atoms with van der Waals surface area (Å²) in [5, 5.41) is 8.53. The Kier molecular flexibility index (Phi) is 4.84. The summed E-state index contributed by atoms with van der Waals surface area (Å²) in [5.41, 5.74) is 2.22. The lowest BCUT2D eigenvalue weighted by molar-refractivity contribution is -0.123. The first-order valence-electron chi connectivity index (χ1n) is 7.07. The SMILES string of the molecule is N#Cc1ccc(/C=C2\SC(=O)N(Cc3ccc(Br)cc3)C2=O)cc1. The van der Waals surface area contributed by atoms with Gasteiger partial charge in [-0.2, -0.15) is 5.26 Å². The van der Waals surface area contributed by atoms with Crippen molar-refractivity contribution in [3.8, 4) is 6.07 Å². The molecule has 0 aliphatic carbocycles. The smallest absolute Gasteiger partial charge is 0.268 e. The maximum atomic E-state index is 12.5. The first-order valence-corrected chi connectivity index (χ1v) is 8.68. The van der Waals surface area contributed by atoms with Gasteiger partial charge in [0.05, 0.1) is 23.1 Å². The van der Waals surface area contributed by atoms with Gasteiger partial charge in [0, 0.05) is 4.47 Å². The number of nitriles is 1. The lowest BCUT2D eigenvalue weighted by atomic mass is 10.1. The van der Waals surface area contributed by atoms with Crippen LogP contribution in [0.1, 0.15) is 16.7 Å². The van der Waals surface area contributed by atoms with E-state index in [0.717, 1.165) is 27.4 Å². The van der Waals surface area contributed by atoms with Crippen molar-refractivity contribution >= 4 is 44.9 Å². The number of amides is 2. The van der Waals surface area contributed by atoms with Gasteiger partial charge in [-0.05, 0) is 53.2 Å². The molecule has 1 fully saturated rings. The lowest BCUT2D eigenvalue weighted by Gasteiger charge is -2.12. The Hall–Kier alpha value is -2.36. The van der Waals surface area contributed by atoms with Crippen LogP contribution in [-0.4, -0.2) is 16.0 Å². The van der Waals surface area contributed by atoms with Crippen molar-refractivity contribution in [3.05, 3.63) is 74.6 Å². The number of carbonyl (C=O) groups excluding carboxylic acids is 2. The Morgan fingerprint density at radius 3 is 2.38 bits per heavy atom. The fourth-order valence-corrected chi connectivity index (χ4v) is 3.32. The Morgan fingerprint density at radius 1 is 1.08 bits per heavy atom. The van der Waals surface area contributed by atoms with Gasteiger partial charge in [-0.1, -0.05) is 40.2 Å². The van der Waals surface area contributed by atoms with E-state index >= 15 is 0 Å². The molecule has 3 rings (SSSR count). The zero-order valence-corrected chi connectivity index (χ0v) is 14.8. The zero-order chi connectivity index (χ0) is 17.1. The normalized spacial score (nSPS) is 15.8. The second kappa shape index (κ2) is 7.04. The van der Waals surface area contributed by atoms with Crippen LogP contribution in [0, 0.1) is 11.3 Å². The average Bonchev–Trinajstić information content (AvgIpc) is 2.85. The fourth-order valence-electron chi connectivity index (χ4n) is 2.21. The highest BCUT2D eigenvalue weighted by Gasteiger charge is 2.34. The van der Waals surface area contributed by atoms with Gasteiger partial charge in [-0.3, -0.25) is 14.5 Å². The molecule has 0 spiro atoms. The zero-order valence-electron chi connectivity index (χ0n) is 12.4. The van der Waals surface area contributed by atoms with E-state index in [-0.39, 0.29) is 17.7 Å². The van der Waals surface area contributed by atoms with Crippen LogP contribution in [0.15, 0.2) is 57.9 Å². The van der Waals surface area contributed by atoms with E-state index in [2.05, 4.69) is 15.9 Å². The van der Waals surface area contributed by atoms with Crippen molar-refractivity contribution in [1.29, 1.82) is 5.26 Å². The van der Waals surface area contributed by atoms with E-state index in [1.54, 1.807) is 30.3 Å². The molecule has 1 aliphatic rings. The molecule has 2 aromatic rings. The van der Waals surface area contributed by atoms with Crippen LogP contribution in [-0.2, 0) is 11.3 Å². The molecular formula is C18H11BrN2O2S. The van der Waals surface area contributed by atoms with Gasteiger partial charge in [0.1, 0.15) is 0 Å². The van der Waals surface area contributed by atoms with Gasteiger partial charge in [0.2, 0.25) is 0 Å². The largest absolute Gasteiger partial charge is 0.293 e. The molecular weight excluding hydrogens is 388 g/mol. The Morgan fingerprint density at radius 2 is 1.75 bits per heavy atom. The van der Waals surface area contributed by atoms with Gasteiger partial charge in [0.25, 0.3) is 11.1 Å². The van der Waals surface area contributed by atoms with Gasteiger partial charge in [0.15, 0.2) is 0 Å². The quantitative estimate of drug-likeness (QED) is 0.711. The van der Waals surface area contributed by atoms with Crippen molar-refractivity contribution in [3.63, 3.8) is 0 Å². The van der Waals surface area contributed by atoms with Crippen molar-refractivity contribution in [2.75, 3.05) is 0 Å². The highest BCUT2D eigenvalue weighted by Crippen LogP contribution is 2.33. The first-order chi connectivity index (χ1) is 11.6. The minimum absolute atomic E-state index is 0.253. The summed E-state index contributed by atoms with van der Waals surface area (Å²) in [6, 6.07) is 16.4. The highest BCUT2D eigenvalue weighted by atomic mass is 79.9. The maximum Gasteiger partial charge on any atom is 0.293 e. The molecule has 0 saturated carbocycles. The van der Waals surface area contributed by atoms with Gasteiger partial charge in [-0.25, -0.2) is 0 Å². The maximum absolute atomic E-state index is 12.5. The molecule has 0 N–H and O–H groups in total. The highest BCUT2D eigenvalue weighted by molar-refractivity contribution is 9.10. The summed E-state index contributed by atoms with van der Waals surface area (Å²) < 4.78 is 0.945. The van der Waals surface area contributed by atoms with Crippen molar-refractivity contribution in [2.45, 2.75) is 6.54 Å². The van der Waals surface area contributed by atoms with Crippen LogP contribution in [0.2, 0.25) is 0 Å². The fraction of sp³-hybridized carbons (Fsp3) is 0.0556. The van der Waals surface area contributed by atoms with E-state index in [0.29, 0.717) is 10.5 Å². The van der Waals surface area contributed by atoms with Crippen LogP contribution in [0.4, 0.5) is 4.79 Å². The van der Waals surface area contributed by atoms with Crippen LogP contribution in [0.3, 0.4) is 0 Å². The summed E-state index contributed by atoms with van der Waals surface area (Å²) in [7, 11) is 0. The number of rotatable bonds is 3. The molecule has 0 unspecified atom stereocenters. The Balaban J connectivity index is 1.79. The van der Waals surface area contributed by atoms with Crippen LogP contribution in [0.25, 0.3) is 6.08 Å². The number of benzene rings is 2. The van der Waals surface area contributed by atoms with E-state index in [1.807, 2.05) is 30.3 Å². The number of halogens is 1. The second-order valence-electron chi connectivity index (χ2n) is 5.13. The van der Waals surface area contributed by atoms with Crippen molar-refractivity contribution in [2.24, 2.45) is 0 Å². The molecule has 0 atom stereocenters. The van der Waals surface area contributed by atoms with Crippen LogP contribution in [0.5, 0.6) is 0 Å². The third kappa shape index (κ3) is 3.58. The third-order valence-electron chi connectivity index (χ3n) is 3.47. The molecule has 6 heteroatoms. The molecule has 2 aromatic carbocycles. The number of imide groups is 1. The molecule has 1 heterocycles. The number of thioether (sulfide) groups is 1. The van der Waals surface area contributed by atoms with Gasteiger partial charge < -0.3 is 0 Å². The number of carbonyl (C=O) groups is 2. The average molecular weight is 399 g/mol. The molecule has 1 aliphatic heterocycles. The Bertz CT molecular complexity index is 867. The molecule has 0 bridgehead atoms. The summed E-state index contributed by atoms with van der Waals surface area (Å²) in [5.74, 6) is -0.294. The first kappa shape index (κ1) is 16.5. The monoisotopic (exact) mass is 398 g/mol. The molecule has 4 nitrogen and oxygen atoms in total. The molecule has 118 valence electrons. The number of nitrogens with zero attached hydrogens (tertiary/aromatic N) is 2.